The van der Waals surface area contributed by atoms with Crippen molar-refractivity contribution in [2.24, 2.45) is 0 Å². The number of ether oxygens (including phenoxy) is 1. The van der Waals surface area contributed by atoms with Crippen molar-refractivity contribution < 1.29 is 4.74 Å². The molecule has 0 amide bonds. The highest BCUT2D eigenvalue weighted by Gasteiger charge is 2.38. The number of anilines is 1. The Kier molecular flexibility index (Phi) is 4.38. The summed E-state index contributed by atoms with van der Waals surface area (Å²) in [6.07, 6.45) is 1.90. The van der Waals surface area contributed by atoms with Gasteiger partial charge in [0.2, 0.25) is 0 Å². The number of benzene rings is 1. The topological polar surface area (TPSA) is 71.3 Å². The first-order valence-electron chi connectivity index (χ1n) is 10.9. The minimum absolute atomic E-state index is 0.240. The molecule has 7 nitrogen and oxygen atoms in total. The van der Waals surface area contributed by atoms with Crippen molar-refractivity contribution in [2.75, 3.05) is 18.0 Å². The fourth-order valence-corrected chi connectivity index (χ4v) is 4.81. The van der Waals surface area contributed by atoms with Crippen LogP contribution in [0.4, 0.5) is 5.82 Å². The monoisotopic (exact) mass is 418 g/mol. The van der Waals surface area contributed by atoms with Gasteiger partial charge in [0, 0.05) is 24.0 Å². The highest BCUT2D eigenvalue weighted by Crippen LogP contribution is 2.32. The van der Waals surface area contributed by atoms with Crippen molar-refractivity contribution in [1.29, 1.82) is 0 Å². The van der Waals surface area contributed by atoms with Crippen LogP contribution >= 0.6 is 0 Å². The van der Waals surface area contributed by atoms with Gasteiger partial charge in [0.05, 0.1) is 34.3 Å². The van der Waals surface area contributed by atoms with Crippen LogP contribution in [0.15, 0.2) is 36.5 Å². The van der Waals surface area contributed by atoms with Crippen molar-refractivity contribution in [2.45, 2.75) is 58.7 Å². The molecular weight excluding hydrogens is 388 g/mol. The molecule has 4 aromatic rings. The van der Waals surface area contributed by atoms with Gasteiger partial charge in [-0.2, -0.15) is 5.10 Å². The Balaban J connectivity index is 1.59. The van der Waals surface area contributed by atoms with Crippen molar-refractivity contribution in [1.82, 2.24) is 24.8 Å². The molecule has 0 unspecified atom stereocenters. The molecule has 162 valence electrons. The highest BCUT2D eigenvalue weighted by molar-refractivity contribution is 5.86. The molecular formula is C24H30N6O. The second-order valence-corrected chi connectivity index (χ2v) is 10.1. The standard InChI is InChI=1S/C24H30N6O/c1-15(2)22-17-11-16(7-8-18(17)26-27-22)19-12-25-20-9-10-21(28-30(19)20)29-13-23(3,4)31-24(5,6)14-29/h7-12,15H,13-14H2,1-6H3,(H,26,27). The van der Waals surface area contributed by atoms with Gasteiger partial charge in [-0.15, -0.1) is 5.10 Å². The summed E-state index contributed by atoms with van der Waals surface area (Å²) in [7, 11) is 0. The zero-order valence-electron chi connectivity index (χ0n) is 19.1. The number of nitrogens with zero attached hydrogens (tertiary/aromatic N) is 5. The summed E-state index contributed by atoms with van der Waals surface area (Å²) < 4.78 is 8.19. The summed E-state index contributed by atoms with van der Waals surface area (Å²) in [4.78, 5) is 6.91. The van der Waals surface area contributed by atoms with Crippen LogP contribution in [0.25, 0.3) is 27.8 Å². The lowest BCUT2D eigenvalue weighted by atomic mass is 9.99. The van der Waals surface area contributed by atoms with E-state index in [-0.39, 0.29) is 11.2 Å². The molecule has 0 atom stereocenters. The summed E-state index contributed by atoms with van der Waals surface area (Å²) in [6.45, 7) is 14.4. The second kappa shape index (κ2) is 6.79. The minimum atomic E-state index is -0.240. The van der Waals surface area contributed by atoms with Crippen LogP contribution in [-0.2, 0) is 4.74 Å². The third-order valence-corrected chi connectivity index (χ3v) is 5.80. The summed E-state index contributed by atoms with van der Waals surface area (Å²) in [5, 5.41) is 13.8. The van der Waals surface area contributed by atoms with E-state index in [9.17, 15) is 0 Å². The van der Waals surface area contributed by atoms with Gasteiger partial charge in [-0.3, -0.25) is 5.10 Å². The van der Waals surface area contributed by atoms with E-state index < -0.39 is 0 Å². The summed E-state index contributed by atoms with van der Waals surface area (Å²) in [6, 6.07) is 10.5. The molecule has 1 aliphatic heterocycles. The van der Waals surface area contributed by atoms with E-state index in [0.29, 0.717) is 5.92 Å². The molecule has 0 bridgehead atoms. The average Bonchev–Trinajstić information content (AvgIpc) is 3.28. The first-order valence-corrected chi connectivity index (χ1v) is 10.9. The third-order valence-electron chi connectivity index (χ3n) is 5.80. The fraction of sp³-hybridized carbons (Fsp3) is 0.458. The van der Waals surface area contributed by atoms with Gasteiger partial charge < -0.3 is 9.64 Å². The lowest BCUT2D eigenvalue weighted by Gasteiger charge is -2.47. The van der Waals surface area contributed by atoms with Gasteiger partial charge in [0.1, 0.15) is 5.82 Å². The molecule has 1 aromatic carbocycles. The number of imidazole rings is 1. The quantitative estimate of drug-likeness (QED) is 0.518. The first-order chi connectivity index (χ1) is 14.6. The average molecular weight is 419 g/mol. The highest BCUT2D eigenvalue weighted by atomic mass is 16.5. The molecule has 5 rings (SSSR count). The van der Waals surface area contributed by atoms with Crippen LogP contribution in [0.1, 0.15) is 53.2 Å². The minimum Gasteiger partial charge on any atom is -0.366 e. The first kappa shape index (κ1) is 20.0. The van der Waals surface area contributed by atoms with E-state index in [0.717, 1.165) is 52.4 Å². The van der Waals surface area contributed by atoms with E-state index >= 15 is 0 Å². The number of fused-ring (bicyclic) bond motifs is 2. The maximum absolute atomic E-state index is 6.24. The number of H-pyrrole nitrogens is 1. The van der Waals surface area contributed by atoms with Crippen molar-refractivity contribution in [3.8, 4) is 11.3 Å². The predicted molar refractivity (Wildman–Crippen MR) is 124 cm³/mol. The van der Waals surface area contributed by atoms with Crippen LogP contribution in [0.3, 0.4) is 0 Å². The molecule has 0 radical (unpaired) electrons. The number of hydrogen-bond acceptors (Lipinski definition) is 5. The molecule has 1 N–H and O–H groups in total. The Bertz CT molecular complexity index is 1250. The van der Waals surface area contributed by atoms with E-state index in [1.54, 1.807) is 0 Å². The van der Waals surface area contributed by atoms with E-state index in [4.69, 9.17) is 9.84 Å². The Morgan fingerprint density at radius 2 is 1.77 bits per heavy atom. The number of hydrogen-bond donors (Lipinski definition) is 1. The van der Waals surface area contributed by atoms with E-state index in [1.165, 1.54) is 0 Å². The third kappa shape index (κ3) is 3.57. The molecule has 1 fully saturated rings. The van der Waals surface area contributed by atoms with Crippen LogP contribution in [-0.4, -0.2) is 49.1 Å². The van der Waals surface area contributed by atoms with Gasteiger partial charge >= 0.3 is 0 Å². The van der Waals surface area contributed by atoms with Crippen LogP contribution < -0.4 is 4.90 Å². The summed E-state index contributed by atoms with van der Waals surface area (Å²) in [5.41, 5.74) is 4.54. The van der Waals surface area contributed by atoms with Gasteiger partial charge in [-0.25, -0.2) is 9.50 Å². The van der Waals surface area contributed by atoms with Crippen LogP contribution in [0.2, 0.25) is 0 Å². The maximum atomic E-state index is 6.24. The largest absolute Gasteiger partial charge is 0.366 e. The van der Waals surface area contributed by atoms with Gasteiger partial charge in [-0.05, 0) is 57.9 Å². The molecule has 3 aromatic heterocycles. The summed E-state index contributed by atoms with van der Waals surface area (Å²) >= 11 is 0. The Morgan fingerprint density at radius 3 is 2.48 bits per heavy atom. The predicted octanol–water partition coefficient (Wildman–Crippen LogP) is 4.79. The second-order valence-electron chi connectivity index (χ2n) is 10.1. The van der Waals surface area contributed by atoms with Crippen LogP contribution in [0.5, 0.6) is 0 Å². The van der Waals surface area contributed by atoms with Crippen molar-refractivity contribution in [3.05, 3.63) is 42.2 Å². The zero-order chi connectivity index (χ0) is 22.0. The summed E-state index contributed by atoms with van der Waals surface area (Å²) in [5.74, 6) is 1.28. The van der Waals surface area contributed by atoms with Gasteiger partial charge in [-0.1, -0.05) is 19.9 Å². The molecule has 0 saturated carbocycles. The van der Waals surface area contributed by atoms with Gasteiger partial charge in [0.25, 0.3) is 0 Å². The Morgan fingerprint density at radius 1 is 1.03 bits per heavy atom. The molecule has 1 saturated heterocycles. The smallest absolute Gasteiger partial charge is 0.154 e. The molecule has 0 aliphatic carbocycles. The molecule has 31 heavy (non-hydrogen) atoms. The Labute approximate surface area is 182 Å². The molecule has 4 heterocycles. The molecule has 1 aliphatic rings. The van der Waals surface area contributed by atoms with Crippen LogP contribution in [0, 0.1) is 0 Å². The fourth-order valence-electron chi connectivity index (χ4n) is 4.81. The SMILES string of the molecule is CC(C)c1n[nH]c2ccc(-c3cnc4ccc(N5CC(C)(C)OC(C)(C)C5)nn34)cc12. The van der Waals surface area contributed by atoms with Crippen molar-refractivity contribution in [3.63, 3.8) is 0 Å². The maximum Gasteiger partial charge on any atom is 0.154 e. The normalized spacial score (nSPS) is 18.4. The van der Waals surface area contributed by atoms with E-state index in [1.807, 2.05) is 16.8 Å². The number of aromatic amines is 1. The zero-order valence-corrected chi connectivity index (χ0v) is 19.1. The lowest BCUT2D eigenvalue weighted by molar-refractivity contribution is -0.133. The number of aromatic nitrogens is 5. The van der Waals surface area contributed by atoms with Gasteiger partial charge in [0.15, 0.2) is 5.65 Å². The molecule has 7 heteroatoms. The number of morpholine rings is 1. The number of nitrogens with one attached hydrogen (secondary N) is 1. The lowest BCUT2D eigenvalue weighted by Crippen LogP contribution is -2.57. The Hall–Kier alpha value is -2.93. The van der Waals surface area contributed by atoms with Crippen molar-refractivity contribution >= 4 is 22.4 Å². The number of rotatable bonds is 3. The molecule has 0 spiro atoms. The van der Waals surface area contributed by atoms with E-state index in [2.05, 4.69) is 85.9 Å².